The van der Waals surface area contributed by atoms with E-state index in [9.17, 15) is 10.2 Å². The maximum Gasteiger partial charge on any atom is 0.0509 e. The van der Waals surface area contributed by atoms with Crippen LogP contribution < -0.4 is 0 Å². The van der Waals surface area contributed by atoms with Crippen molar-refractivity contribution < 1.29 is 10.2 Å². The number of hydrogen-bond donors (Lipinski definition) is 2. The van der Waals surface area contributed by atoms with Crippen LogP contribution >= 0.6 is 0 Å². The van der Waals surface area contributed by atoms with E-state index in [4.69, 9.17) is 0 Å². The molecular weight excluding hydrogens is 224 g/mol. The summed E-state index contributed by atoms with van der Waals surface area (Å²) in [5.74, 6) is 0.658. The Bertz CT molecular complexity index is 176. The maximum absolute atomic E-state index is 9.69. The van der Waals surface area contributed by atoms with Gasteiger partial charge >= 0.3 is 0 Å². The van der Waals surface area contributed by atoms with E-state index in [0.29, 0.717) is 5.92 Å². The Hall–Kier alpha value is -0.0800. The van der Waals surface area contributed by atoms with Crippen LogP contribution in [0, 0.1) is 11.3 Å². The van der Waals surface area contributed by atoms with Crippen molar-refractivity contribution in [3.63, 3.8) is 0 Å². The Morgan fingerprint density at radius 2 is 1.50 bits per heavy atom. The fourth-order valence-corrected chi connectivity index (χ4v) is 2.74. The molecule has 0 rings (SSSR count). The Morgan fingerprint density at radius 3 is 1.94 bits per heavy atom. The molecular formula is C16H34O2. The topological polar surface area (TPSA) is 40.5 Å². The second-order valence-electron chi connectivity index (χ2n) is 5.89. The van der Waals surface area contributed by atoms with E-state index in [2.05, 4.69) is 20.8 Å². The van der Waals surface area contributed by atoms with Gasteiger partial charge in [0, 0.05) is 5.41 Å². The molecule has 0 fully saturated rings. The Labute approximate surface area is 114 Å². The zero-order valence-electron chi connectivity index (χ0n) is 12.7. The second kappa shape index (κ2) is 10.8. The van der Waals surface area contributed by atoms with Crippen LogP contribution in [0.3, 0.4) is 0 Å². The molecule has 0 radical (unpaired) electrons. The van der Waals surface area contributed by atoms with Gasteiger partial charge in [-0.15, -0.1) is 0 Å². The molecule has 0 spiro atoms. The van der Waals surface area contributed by atoms with Crippen LogP contribution in [0.4, 0.5) is 0 Å². The summed E-state index contributed by atoms with van der Waals surface area (Å²) in [7, 11) is 0. The van der Waals surface area contributed by atoms with E-state index in [0.717, 1.165) is 25.7 Å². The van der Waals surface area contributed by atoms with Crippen LogP contribution in [-0.2, 0) is 0 Å². The minimum atomic E-state index is -0.233. The second-order valence-corrected chi connectivity index (χ2v) is 5.89. The van der Waals surface area contributed by atoms with Gasteiger partial charge in [-0.2, -0.15) is 0 Å². The monoisotopic (exact) mass is 258 g/mol. The van der Waals surface area contributed by atoms with Crippen LogP contribution in [0.25, 0.3) is 0 Å². The number of rotatable bonds is 12. The van der Waals surface area contributed by atoms with Gasteiger partial charge in [-0.25, -0.2) is 0 Å². The zero-order chi connectivity index (χ0) is 13.9. The first kappa shape index (κ1) is 17.9. The van der Waals surface area contributed by atoms with Crippen LogP contribution in [0.5, 0.6) is 0 Å². The molecule has 0 aliphatic carbocycles. The summed E-state index contributed by atoms with van der Waals surface area (Å²) < 4.78 is 0. The van der Waals surface area contributed by atoms with Gasteiger partial charge in [-0.05, 0) is 18.8 Å². The fraction of sp³-hybridized carbons (Fsp3) is 1.00. The number of unbranched alkanes of at least 4 members (excludes halogenated alkanes) is 3. The van der Waals surface area contributed by atoms with Crippen molar-refractivity contribution in [2.75, 3.05) is 13.2 Å². The molecule has 0 aromatic heterocycles. The lowest BCUT2D eigenvalue weighted by atomic mass is 9.74. The van der Waals surface area contributed by atoms with Gasteiger partial charge in [-0.3, -0.25) is 0 Å². The molecule has 18 heavy (non-hydrogen) atoms. The van der Waals surface area contributed by atoms with Gasteiger partial charge < -0.3 is 10.2 Å². The Balaban J connectivity index is 4.35. The fourth-order valence-electron chi connectivity index (χ4n) is 2.74. The van der Waals surface area contributed by atoms with E-state index in [1.807, 2.05) is 0 Å². The van der Waals surface area contributed by atoms with Crippen molar-refractivity contribution in [2.24, 2.45) is 11.3 Å². The highest BCUT2D eigenvalue weighted by atomic mass is 16.3. The summed E-state index contributed by atoms with van der Waals surface area (Å²) in [5, 5.41) is 19.4. The van der Waals surface area contributed by atoms with E-state index < -0.39 is 0 Å². The summed E-state index contributed by atoms with van der Waals surface area (Å²) >= 11 is 0. The summed E-state index contributed by atoms with van der Waals surface area (Å²) in [6.07, 6.45) is 10.4. The molecule has 0 saturated heterocycles. The molecule has 0 amide bonds. The van der Waals surface area contributed by atoms with E-state index in [-0.39, 0.29) is 18.6 Å². The third kappa shape index (κ3) is 6.75. The summed E-state index contributed by atoms with van der Waals surface area (Å²) in [6.45, 7) is 6.91. The minimum absolute atomic E-state index is 0.135. The Kier molecular flexibility index (Phi) is 10.8. The highest BCUT2D eigenvalue weighted by Crippen LogP contribution is 2.35. The lowest BCUT2D eigenvalue weighted by Crippen LogP contribution is -2.32. The molecule has 110 valence electrons. The predicted octanol–water partition coefficient (Wildman–Crippen LogP) is 4.14. The minimum Gasteiger partial charge on any atom is -0.396 e. The lowest BCUT2D eigenvalue weighted by molar-refractivity contribution is 0.0219. The smallest absolute Gasteiger partial charge is 0.0509 e. The first-order chi connectivity index (χ1) is 8.67. The van der Waals surface area contributed by atoms with Gasteiger partial charge in [0.1, 0.15) is 0 Å². The SMILES string of the molecule is CCCCCC(CO)(CO)CC(CC)CCCC. The van der Waals surface area contributed by atoms with Crippen molar-refractivity contribution in [3.8, 4) is 0 Å². The van der Waals surface area contributed by atoms with E-state index >= 15 is 0 Å². The van der Waals surface area contributed by atoms with E-state index in [1.54, 1.807) is 0 Å². The average molecular weight is 258 g/mol. The van der Waals surface area contributed by atoms with Crippen LogP contribution in [0.2, 0.25) is 0 Å². The highest BCUT2D eigenvalue weighted by Gasteiger charge is 2.30. The van der Waals surface area contributed by atoms with Crippen molar-refractivity contribution in [1.82, 2.24) is 0 Å². The standard InChI is InChI=1S/C16H34O2/c1-4-7-9-11-16(13-17,14-18)12-15(6-3)10-8-5-2/h15,17-18H,4-14H2,1-3H3. The van der Waals surface area contributed by atoms with Gasteiger partial charge in [0.05, 0.1) is 13.2 Å². The molecule has 1 unspecified atom stereocenters. The lowest BCUT2D eigenvalue weighted by Gasteiger charge is -2.33. The molecule has 0 aliphatic heterocycles. The normalized spacial score (nSPS) is 13.8. The van der Waals surface area contributed by atoms with Gasteiger partial charge in [0.25, 0.3) is 0 Å². The molecule has 1 atom stereocenters. The van der Waals surface area contributed by atoms with Crippen molar-refractivity contribution in [1.29, 1.82) is 0 Å². The molecule has 0 aromatic carbocycles. The predicted molar refractivity (Wildman–Crippen MR) is 78.7 cm³/mol. The molecule has 0 aromatic rings. The largest absolute Gasteiger partial charge is 0.396 e. The van der Waals surface area contributed by atoms with Crippen molar-refractivity contribution in [2.45, 2.75) is 78.6 Å². The maximum atomic E-state index is 9.69. The van der Waals surface area contributed by atoms with Crippen LogP contribution in [0.15, 0.2) is 0 Å². The summed E-state index contributed by atoms with van der Waals surface area (Å²) in [5.41, 5.74) is -0.233. The third-order valence-electron chi connectivity index (χ3n) is 4.25. The van der Waals surface area contributed by atoms with Crippen LogP contribution in [-0.4, -0.2) is 23.4 Å². The summed E-state index contributed by atoms with van der Waals surface area (Å²) in [4.78, 5) is 0. The number of aliphatic hydroxyl groups excluding tert-OH is 2. The molecule has 0 saturated carbocycles. The third-order valence-corrected chi connectivity index (χ3v) is 4.25. The highest BCUT2D eigenvalue weighted by molar-refractivity contribution is 4.81. The molecule has 0 aliphatic rings. The average Bonchev–Trinajstić information content (AvgIpc) is 2.42. The molecule has 0 bridgehead atoms. The van der Waals surface area contributed by atoms with Gasteiger partial charge in [-0.1, -0.05) is 65.7 Å². The zero-order valence-corrected chi connectivity index (χ0v) is 12.7. The molecule has 2 heteroatoms. The first-order valence-corrected chi connectivity index (χ1v) is 7.89. The van der Waals surface area contributed by atoms with E-state index in [1.165, 1.54) is 32.1 Å². The summed E-state index contributed by atoms with van der Waals surface area (Å²) in [6, 6.07) is 0. The first-order valence-electron chi connectivity index (χ1n) is 7.89. The molecule has 0 heterocycles. The van der Waals surface area contributed by atoms with Gasteiger partial charge in [0.2, 0.25) is 0 Å². The number of aliphatic hydroxyl groups is 2. The molecule has 2 N–H and O–H groups in total. The number of hydrogen-bond acceptors (Lipinski definition) is 2. The Morgan fingerprint density at radius 1 is 0.889 bits per heavy atom. The molecule has 2 nitrogen and oxygen atoms in total. The van der Waals surface area contributed by atoms with Crippen LogP contribution in [0.1, 0.15) is 78.6 Å². The van der Waals surface area contributed by atoms with Crippen molar-refractivity contribution >= 4 is 0 Å². The van der Waals surface area contributed by atoms with Crippen molar-refractivity contribution in [3.05, 3.63) is 0 Å². The quantitative estimate of drug-likeness (QED) is 0.516. The van der Waals surface area contributed by atoms with Gasteiger partial charge in [0.15, 0.2) is 0 Å².